The van der Waals surface area contributed by atoms with Gasteiger partial charge in [-0.15, -0.1) is 11.6 Å². The Kier molecular flexibility index (Phi) is 91.8. The molecule has 0 unspecified atom stereocenters. The maximum absolute atomic E-state index is 4.11. The minimum Gasteiger partial charge on any atom is -0.147 e. The van der Waals surface area contributed by atoms with Crippen LogP contribution in [0.1, 0.15) is 0 Å². The first-order chi connectivity index (χ1) is 1.00. The summed E-state index contributed by atoms with van der Waals surface area (Å²) in [6.07, 6.45) is 0. The molecule has 0 heterocycles. The molecule has 0 saturated carbocycles. The van der Waals surface area contributed by atoms with Gasteiger partial charge < -0.3 is 0 Å². The van der Waals surface area contributed by atoms with Gasteiger partial charge in [-0.05, 0) is 0 Å². The van der Waals surface area contributed by atoms with Crippen molar-refractivity contribution in [3.63, 3.8) is 0 Å². The zero-order valence-electron chi connectivity index (χ0n) is 1.62. The van der Waals surface area contributed by atoms with Crippen molar-refractivity contribution in [2.24, 2.45) is 0 Å². The SMILES string of the molecule is S.[NaH].[SiH2]=S. The van der Waals surface area contributed by atoms with Crippen LogP contribution < -0.4 is 0 Å². The van der Waals surface area contributed by atoms with E-state index in [1.165, 1.54) is 8.95 Å². The maximum atomic E-state index is 4.11. The molecule has 4 heteroatoms. The summed E-state index contributed by atoms with van der Waals surface area (Å²) in [6.45, 7) is 0. The van der Waals surface area contributed by atoms with Crippen molar-refractivity contribution in [3.05, 3.63) is 0 Å². The van der Waals surface area contributed by atoms with Crippen LogP contribution in [-0.4, -0.2) is 38.5 Å². The van der Waals surface area contributed by atoms with E-state index in [1.807, 2.05) is 0 Å². The molecular formula is H5NaS2Si. The normalized spacial score (nSPS) is 1.00. The first kappa shape index (κ1) is 17.1. The fourth-order valence-electron chi connectivity index (χ4n) is 0. The van der Waals surface area contributed by atoms with Crippen molar-refractivity contribution in [1.29, 1.82) is 0 Å². The van der Waals surface area contributed by atoms with E-state index < -0.39 is 0 Å². The number of hydrogen-bond donors (Lipinski definition) is 0. The van der Waals surface area contributed by atoms with Gasteiger partial charge in [-0.1, -0.05) is 0 Å². The van der Waals surface area contributed by atoms with E-state index in [-0.39, 0.29) is 43.1 Å². The smallest absolute Gasteiger partial charge is 0.0612 e. The first-order valence-corrected chi connectivity index (χ1v) is 2.60. The Morgan fingerprint density at radius 3 is 1.25 bits per heavy atom. The second-order valence-electron chi connectivity index (χ2n) is 0. The Morgan fingerprint density at radius 2 is 1.25 bits per heavy atom. The molecule has 0 aromatic carbocycles. The molecule has 0 spiro atoms. The third-order valence-electron chi connectivity index (χ3n) is 0. The van der Waals surface area contributed by atoms with Crippen LogP contribution >= 0.6 is 25.1 Å². The first-order valence-electron chi connectivity index (χ1n) is 0.289. The number of hydrogen-bond acceptors (Lipinski definition) is 1. The second kappa shape index (κ2) is 21.5. The molecule has 0 aliphatic carbocycles. The molecular weight excluding hydrogens is 115 g/mol. The topological polar surface area (TPSA) is 0 Å². The summed E-state index contributed by atoms with van der Waals surface area (Å²) >= 11 is 4.11. The predicted octanol–water partition coefficient (Wildman–Crippen LogP) is -0.804. The van der Waals surface area contributed by atoms with E-state index in [9.17, 15) is 0 Å². The van der Waals surface area contributed by atoms with Crippen LogP contribution in [0.5, 0.6) is 0 Å². The molecule has 0 fully saturated rings. The van der Waals surface area contributed by atoms with Crippen molar-refractivity contribution in [3.8, 4) is 0 Å². The predicted molar refractivity (Wildman–Crippen MR) is 33.7 cm³/mol. The van der Waals surface area contributed by atoms with Crippen LogP contribution in [0.2, 0.25) is 0 Å². The molecule has 0 N–H and O–H groups in total. The Morgan fingerprint density at radius 1 is 1.25 bits per heavy atom. The third-order valence-corrected chi connectivity index (χ3v) is 0. The molecule has 0 saturated heterocycles. The van der Waals surface area contributed by atoms with Gasteiger partial charge in [0.1, 0.15) is 0 Å². The van der Waals surface area contributed by atoms with Crippen molar-refractivity contribution in [2.45, 2.75) is 0 Å². The molecule has 0 aromatic rings. The monoisotopic (exact) mass is 120 g/mol. The summed E-state index contributed by atoms with van der Waals surface area (Å²) in [4.78, 5) is 0. The minimum atomic E-state index is 0. The van der Waals surface area contributed by atoms with Crippen LogP contribution in [0.3, 0.4) is 0 Å². The molecule has 0 radical (unpaired) electrons. The quantitative estimate of drug-likeness (QED) is 0.377. The number of rotatable bonds is 0. The molecule has 22 valence electrons. The van der Waals surface area contributed by atoms with Gasteiger partial charge in [-0.2, -0.15) is 13.5 Å². The molecule has 0 aromatic heterocycles. The Hall–Kier alpha value is 1.79. The summed E-state index contributed by atoms with van der Waals surface area (Å²) < 4.78 is 0. The van der Waals surface area contributed by atoms with Crippen LogP contribution in [0, 0.1) is 0 Å². The van der Waals surface area contributed by atoms with Gasteiger partial charge in [0, 0.05) is 0 Å². The molecule has 0 nitrogen and oxygen atoms in total. The van der Waals surface area contributed by atoms with Gasteiger partial charge >= 0.3 is 29.6 Å². The molecule has 0 atom stereocenters. The molecule has 0 aliphatic heterocycles. The van der Waals surface area contributed by atoms with Crippen molar-refractivity contribution in [1.82, 2.24) is 0 Å². The van der Waals surface area contributed by atoms with Crippen LogP contribution in [0.15, 0.2) is 0 Å². The van der Waals surface area contributed by atoms with Gasteiger partial charge in [0.2, 0.25) is 0 Å². The third kappa shape index (κ3) is 9.21. The summed E-state index contributed by atoms with van der Waals surface area (Å²) in [5.41, 5.74) is 0. The van der Waals surface area contributed by atoms with Gasteiger partial charge in [0.05, 0.1) is 8.95 Å². The van der Waals surface area contributed by atoms with Crippen LogP contribution in [-0.2, 0) is 0 Å². The molecule has 4 heavy (non-hydrogen) atoms. The maximum Gasteiger partial charge on any atom is 0.0612 e. The summed E-state index contributed by atoms with van der Waals surface area (Å²) in [6, 6.07) is 0. The average molecular weight is 120 g/mol. The van der Waals surface area contributed by atoms with Crippen molar-refractivity contribution in [2.75, 3.05) is 0 Å². The Labute approximate surface area is 63.1 Å². The van der Waals surface area contributed by atoms with E-state index in [4.69, 9.17) is 0 Å². The van der Waals surface area contributed by atoms with Crippen LogP contribution in [0.4, 0.5) is 0 Å². The van der Waals surface area contributed by atoms with Crippen molar-refractivity contribution < 1.29 is 0 Å². The van der Waals surface area contributed by atoms with E-state index in [2.05, 4.69) is 11.6 Å². The Bertz CT molecular complexity index is 6.00. The standard InChI is InChI=1S/Na.H2SSi.H2S.H/c;1-2;;/h;2H2;1H2;. The fraction of sp³-hybridized carbons (Fsp3) is 0. The molecule has 0 bridgehead atoms. The van der Waals surface area contributed by atoms with E-state index in [0.717, 1.165) is 0 Å². The molecule has 0 amide bonds. The van der Waals surface area contributed by atoms with Gasteiger partial charge in [0.25, 0.3) is 0 Å². The molecule has 0 rings (SSSR count). The zero-order chi connectivity index (χ0) is 2.00. The van der Waals surface area contributed by atoms with E-state index >= 15 is 0 Å². The minimum absolute atomic E-state index is 0. The molecule has 0 aliphatic rings. The van der Waals surface area contributed by atoms with Gasteiger partial charge in [-0.3, -0.25) is 0 Å². The zero-order valence-corrected chi connectivity index (χ0v) is 4.85. The largest absolute Gasteiger partial charge is 0.147 e. The van der Waals surface area contributed by atoms with Crippen molar-refractivity contribution >= 4 is 63.6 Å². The summed E-state index contributed by atoms with van der Waals surface area (Å²) in [7, 11) is 1.44. The van der Waals surface area contributed by atoms with Crippen LogP contribution in [0.25, 0.3) is 0 Å². The summed E-state index contributed by atoms with van der Waals surface area (Å²) in [5.74, 6) is 0. The Balaban J connectivity index is -0.00000000500. The fourth-order valence-corrected chi connectivity index (χ4v) is 0. The van der Waals surface area contributed by atoms with E-state index in [0.29, 0.717) is 0 Å². The van der Waals surface area contributed by atoms with E-state index in [1.54, 1.807) is 0 Å². The second-order valence-corrected chi connectivity index (χ2v) is 0. The average Bonchev–Trinajstić information content (AvgIpc) is 1.00. The van der Waals surface area contributed by atoms with Gasteiger partial charge in [0.15, 0.2) is 0 Å². The van der Waals surface area contributed by atoms with Gasteiger partial charge in [-0.25, -0.2) is 0 Å². The summed E-state index contributed by atoms with van der Waals surface area (Å²) in [5, 5.41) is 0.